The van der Waals surface area contributed by atoms with Crippen LogP contribution in [0.4, 0.5) is 0 Å². The molecule has 2 aromatic carbocycles. The Hall–Kier alpha value is -3.36. The standard InChI is InChI=1S/C23H23ClN4O4/c24-17-7-5-15(6-8-17)23(31)28-11-12-32-20(28)14-27-22(30)21(29)25-10-9-16-13-26-19-4-2-1-3-18(16)19/h1-8,13,20,26H,9-12,14H2,(H,25,29)(H,27,30). The summed E-state index contributed by atoms with van der Waals surface area (Å²) < 4.78 is 5.56. The summed E-state index contributed by atoms with van der Waals surface area (Å²) in [4.78, 5) is 41.7. The second-order valence-electron chi connectivity index (χ2n) is 7.41. The lowest BCUT2D eigenvalue weighted by Gasteiger charge is -2.23. The number of hydrogen-bond acceptors (Lipinski definition) is 4. The van der Waals surface area contributed by atoms with Crippen LogP contribution in [0.1, 0.15) is 15.9 Å². The molecule has 1 saturated heterocycles. The smallest absolute Gasteiger partial charge is 0.309 e. The van der Waals surface area contributed by atoms with Crippen LogP contribution in [0.2, 0.25) is 5.02 Å². The van der Waals surface area contributed by atoms with Crippen LogP contribution in [0.15, 0.2) is 54.7 Å². The van der Waals surface area contributed by atoms with Gasteiger partial charge >= 0.3 is 11.8 Å². The number of aromatic amines is 1. The maximum Gasteiger partial charge on any atom is 0.309 e. The minimum Gasteiger partial charge on any atom is -0.361 e. The summed E-state index contributed by atoms with van der Waals surface area (Å²) in [6.07, 6.45) is 1.86. The first-order valence-corrected chi connectivity index (χ1v) is 10.7. The van der Waals surface area contributed by atoms with Gasteiger partial charge in [-0.3, -0.25) is 14.4 Å². The molecule has 0 aliphatic carbocycles. The van der Waals surface area contributed by atoms with Gasteiger partial charge in [0.15, 0.2) is 0 Å². The maximum atomic E-state index is 12.7. The molecule has 9 heteroatoms. The lowest BCUT2D eigenvalue weighted by molar-refractivity contribution is -0.139. The van der Waals surface area contributed by atoms with Gasteiger partial charge in [-0.05, 0) is 42.3 Å². The number of benzene rings is 2. The fraction of sp³-hybridized carbons (Fsp3) is 0.261. The highest BCUT2D eigenvalue weighted by molar-refractivity contribution is 6.35. The molecule has 1 atom stereocenters. The Morgan fingerprint density at radius 1 is 1.06 bits per heavy atom. The van der Waals surface area contributed by atoms with Crippen molar-refractivity contribution in [2.45, 2.75) is 12.6 Å². The van der Waals surface area contributed by atoms with E-state index in [1.54, 1.807) is 24.3 Å². The molecular formula is C23H23ClN4O4. The number of rotatable bonds is 6. The lowest BCUT2D eigenvalue weighted by Crippen LogP contribution is -2.47. The molecule has 1 unspecified atom stereocenters. The van der Waals surface area contributed by atoms with E-state index in [1.165, 1.54) is 4.90 Å². The molecule has 1 aliphatic rings. The summed E-state index contributed by atoms with van der Waals surface area (Å²) in [5.41, 5.74) is 2.57. The first-order chi connectivity index (χ1) is 15.5. The van der Waals surface area contributed by atoms with Crippen LogP contribution in [0, 0.1) is 0 Å². The molecular weight excluding hydrogens is 432 g/mol. The molecule has 4 rings (SSSR count). The van der Waals surface area contributed by atoms with Gasteiger partial charge in [-0.15, -0.1) is 0 Å². The Balaban J connectivity index is 1.24. The Morgan fingerprint density at radius 3 is 2.62 bits per heavy atom. The molecule has 2 heterocycles. The van der Waals surface area contributed by atoms with E-state index in [1.807, 2.05) is 30.5 Å². The zero-order valence-corrected chi connectivity index (χ0v) is 18.0. The average Bonchev–Trinajstić information content (AvgIpc) is 3.44. The zero-order chi connectivity index (χ0) is 22.5. The number of carbonyl (C=O) groups is 3. The van der Waals surface area contributed by atoms with Crippen LogP contribution < -0.4 is 10.6 Å². The molecule has 1 fully saturated rings. The number of nitrogens with one attached hydrogen (secondary N) is 3. The van der Waals surface area contributed by atoms with E-state index >= 15 is 0 Å². The van der Waals surface area contributed by atoms with Gasteiger partial charge in [0.1, 0.15) is 6.23 Å². The predicted octanol–water partition coefficient (Wildman–Crippen LogP) is 2.09. The molecule has 1 aliphatic heterocycles. The van der Waals surface area contributed by atoms with Gasteiger partial charge in [0.25, 0.3) is 5.91 Å². The number of H-pyrrole nitrogens is 1. The quantitative estimate of drug-likeness (QED) is 0.496. The third kappa shape index (κ3) is 4.92. The third-order valence-electron chi connectivity index (χ3n) is 5.34. The first-order valence-electron chi connectivity index (χ1n) is 10.3. The van der Waals surface area contributed by atoms with E-state index in [2.05, 4.69) is 15.6 Å². The molecule has 0 bridgehead atoms. The number of aromatic nitrogens is 1. The van der Waals surface area contributed by atoms with E-state index in [0.717, 1.165) is 16.5 Å². The molecule has 1 aromatic heterocycles. The third-order valence-corrected chi connectivity index (χ3v) is 5.59. The van der Waals surface area contributed by atoms with E-state index in [0.29, 0.717) is 36.7 Å². The highest BCUT2D eigenvalue weighted by Crippen LogP contribution is 2.18. The number of amides is 3. The molecule has 0 saturated carbocycles. The van der Waals surface area contributed by atoms with Crippen LogP contribution in [-0.4, -0.2) is 60.1 Å². The minimum absolute atomic E-state index is 0.0219. The number of nitrogens with zero attached hydrogens (tertiary/aromatic N) is 1. The Morgan fingerprint density at radius 2 is 1.81 bits per heavy atom. The van der Waals surface area contributed by atoms with Crippen LogP contribution in [0.25, 0.3) is 10.9 Å². The average molecular weight is 455 g/mol. The molecule has 8 nitrogen and oxygen atoms in total. The fourth-order valence-corrected chi connectivity index (χ4v) is 3.80. The van der Waals surface area contributed by atoms with Crippen LogP contribution in [0.3, 0.4) is 0 Å². The predicted molar refractivity (Wildman–Crippen MR) is 120 cm³/mol. The first kappa shape index (κ1) is 21.9. The molecule has 0 spiro atoms. The van der Waals surface area contributed by atoms with Gasteiger partial charge in [-0.2, -0.15) is 0 Å². The Bertz CT molecular complexity index is 1130. The number of ether oxygens (including phenoxy) is 1. The van der Waals surface area contributed by atoms with Gasteiger partial charge < -0.3 is 25.3 Å². The second-order valence-corrected chi connectivity index (χ2v) is 7.84. The molecule has 0 radical (unpaired) electrons. The van der Waals surface area contributed by atoms with Crippen molar-refractivity contribution in [2.24, 2.45) is 0 Å². The van der Waals surface area contributed by atoms with Gasteiger partial charge in [-0.1, -0.05) is 29.8 Å². The van der Waals surface area contributed by atoms with E-state index < -0.39 is 18.0 Å². The molecule has 3 aromatic rings. The Kier molecular flexibility index (Phi) is 6.72. The molecule has 166 valence electrons. The van der Waals surface area contributed by atoms with Crippen molar-refractivity contribution in [3.8, 4) is 0 Å². The summed E-state index contributed by atoms with van der Waals surface area (Å²) in [5.74, 6) is -1.71. The number of carbonyl (C=O) groups excluding carboxylic acids is 3. The van der Waals surface area contributed by atoms with Crippen molar-refractivity contribution >= 4 is 40.2 Å². The van der Waals surface area contributed by atoms with Gasteiger partial charge in [0.2, 0.25) is 0 Å². The van der Waals surface area contributed by atoms with Crippen LogP contribution in [-0.2, 0) is 20.7 Å². The normalized spacial score (nSPS) is 15.7. The summed E-state index contributed by atoms with van der Waals surface area (Å²) >= 11 is 5.87. The van der Waals surface area contributed by atoms with Crippen LogP contribution >= 0.6 is 11.6 Å². The molecule has 3 amide bonds. The lowest BCUT2D eigenvalue weighted by atomic mass is 10.1. The summed E-state index contributed by atoms with van der Waals surface area (Å²) in [6.45, 7) is 1.11. The van der Waals surface area contributed by atoms with E-state index in [-0.39, 0.29) is 12.5 Å². The van der Waals surface area contributed by atoms with E-state index in [9.17, 15) is 14.4 Å². The van der Waals surface area contributed by atoms with Crippen molar-refractivity contribution in [3.63, 3.8) is 0 Å². The largest absolute Gasteiger partial charge is 0.361 e. The molecule has 3 N–H and O–H groups in total. The van der Waals surface area contributed by atoms with Crippen molar-refractivity contribution in [2.75, 3.05) is 26.2 Å². The topological polar surface area (TPSA) is 104 Å². The van der Waals surface area contributed by atoms with Crippen molar-refractivity contribution in [3.05, 3.63) is 70.9 Å². The summed E-state index contributed by atoms with van der Waals surface area (Å²) in [6, 6.07) is 14.5. The van der Waals surface area contributed by atoms with Gasteiger partial charge in [-0.25, -0.2) is 0 Å². The highest BCUT2D eigenvalue weighted by Gasteiger charge is 2.31. The highest BCUT2D eigenvalue weighted by atomic mass is 35.5. The number of fused-ring (bicyclic) bond motifs is 1. The monoisotopic (exact) mass is 454 g/mol. The minimum atomic E-state index is -0.765. The summed E-state index contributed by atoms with van der Waals surface area (Å²) in [7, 11) is 0. The maximum absolute atomic E-state index is 12.7. The second kappa shape index (κ2) is 9.84. The van der Waals surface area contributed by atoms with Gasteiger partial charge in [0.05, 0.1) is 13.2 Å². The SMILES string of the molecule is O=C(NCCc1c[nH]c2ccccc12)C(=O)NCC1OCCN1C(=O)c1ccc(Cl)cc1. The van der Waals surface area contributed by atoms with Crippen molar-refractivity contribution in [1.82, 2.24) is 20.5 Å². The van der Waals surface area contributed by atoms with E-state index in [4.69, 9.17) is 16.3 Å². The number of halogens is 1. The van der Waals surface area contributed by atoms with Gasteiger partial charge in [0, 0.05) is 40.8 Å². The van der Waals surface area contributed by atoms with Crippen LogP contribution in [0.5, 0.6) is 0 Å². The van der Waals surface area contributed by atoms with Crippen molar-refractivity contribution < 1.29 is 19.1 Å². The summed E-state index contributed by atoms with van der Waals surface area (Å²) in [5, 5.41) is 6.81. The van der Waals surface area contributed by atoms with Crippen molar-refractivity contribution in [1.29, 1.82) is 0 Å². The number of para-hydroxylation sites is 1. The Labute approximate surface area is 189 Å². The molecule has 32 heavy (non-hydrogen) atoms. The zero-order valence-electron chi connectivity index (χ0n) is 17.3. The number of hydrogen-bond donors (Lipinski definition) is 3. The fourth-order valence-electron chi connectivity index (χ4n) is 3.67.